The topological polar surface area (TPSA) is 56.6 Å². The van der Waals surface area contributed by atoms with Gasteiger partial charge in [-0.2, -0.15) is 5.10 Å². The van der Waals surface area contributed by atoms with E-state index in [2.05, 4.69) is 13.8 Å². The van der Waals surface area contributed by atoms with E-state index in [0.29, 0.717) is 18.2 Å². The third kappa shape index (κ3) is 5.13. The highest BCUT2D eigenvalue weighted by Gasteiger charge is 2.27. The fraction of sp³-hybridized carbons (Fsp3) is 0.385. The first kappa shape index (κ1) is 23.4. The Bertz CT molecular complexity index is 1030. The maximum atomic E-state index is 13.0. The van der Waals surface area contributed by atoms with Gasteiger partial charge in [0.25, 0.3) is 0 Å². The molecule has 0 aliphatic rings. The summed E-state index contributed by atoms with van der Waals surface area (Å²) in [6.45, 7) is 10.5. The Morgan fingerprint density at radius 1 is 1.03 bits per heavy atom. The lowest BCUT2D eigenvalue weighted by atomic mass is 10.1. The number of rotatable bonds is 9. The smallest absolute Gasteiger partial charge is 0.227 e. The molecule has 0 saturated carbocycles. The molecule has 0 unspecified atom stereocenters. The molecule has 0 radical (unpaired) electrons. The van der Waals surface area contributed by atoms with E-state index < -0.39 is 0 Å². The van der Waals surface area contributed by atoms with Crippen LogP contribution in [0, 0.1) is 12.8 Å². The Balaban J connectivity index is 2.07. The molecule has 3 rings (SSSR count). The average molecular weight is 436 g/mol. The molecule has 0 fully saturated rings. The van der Waals surface area contributed by atoms with Gasteiger partial charge < -0.3 is 14.4 Å². The van der Waals surface area contributed by atoms with Crippen LogP contribution in [0.4, 0.5) is 0 Å². The molecule has 3 aromatic rings. The molecule has 6 nitrogen and oxygen atoms in total. The molecule has 1 atom stereocenters. The Morgan fingerprint density at radius 2 is 1.66 bits per heavy atom. The van der Waals surface area contributed by atoms with Crippen molar-refractivity contribution in [3.05, 3.63) is 65.9 Å². The number of methoxy groups -OCH3 is 1. The highest BCUT2D eigenvalue weighted by molar-refractivity contribution is 5.78. The summed E-state index contributed by atoms with van der Waals surface area (Å²) in [5.41, 5.74) is 2.64. The van der Waals surface area contributed by atoms with Crippen molar-refractivity contribution in [2.24, 2.45) is 5.92 Å². The van der Waals surface area contributed by atoms with E-state index in [4.69, 9.17) is 14.6 Å². The number of nitrogens with zero attached hydrogens (tertiary/aromatic N) is 3. The van der Waals surface area contributed by atoms with Crippen molar-refractivity contribution < 1.29 is 14.3 Å². The monoisotopic (exact) mass is 435 g/mol. The molecule has 2 aromatic carbocycles. The molecule has 0 aliphatic carbocycles. The van der Waals surface area contributed by atoms with Crippen molar-refractivity contribution in [1.82, 2.24) is 14.7 Å². The van der Waals surface area contributed by atoms with Gasteiger partial charge in [0.15, 0.2) is 0 Å². The number of para-hydroxylation sites is 1. The Morgan fingerprint density at radius 3 is 2.22 bits per heavy atom. The van der Waals surface area contributed by atoms with Crippen molar-refractivity contribution in [3.8, 4) is 23.1 Å². The second-order valence-corrected chi connectivity index (χ2v) is 8.27. The van der Waals surface area contributed by atoms with Crippen LogP contribution in [0.1, 0.15) is 45.4 Å². The maximum Gasteiger partial charge on any atom is 0.227 e. The lowest BCUT2D eigenvalue weighted by Gasteiger charge is -2.30. The third-order valence-corrected chi connectivity index (χ3v) is 5.64. The molecule has 0 aliphatic heterocycles. The minimum absolute atomic E-state index is 0.0839. The normalized spacial score (nSPS) is 12.0. The third-order valence-electron chi connectivity index (χ3n) is 5.64. The van der Waals surface area contributed by atoms with Crippen molar-refractivity contribution in [1.29, 1.82) is 0 Å². The molecule has 0 spiro atoms. The quantitative estimate of drug-likeness (QED) is 0.428. The Kier molecular flexibility index (Phi) is 7.57. The number of benzene rings is 2. The summed E-state index contributed by atoms with van der Waals surface area (Å²) in [5, 5.41) is 4.78. The van der Waals surface area contributed by atoms with Crippen LogP contribution >= 0.6 is 0 Å². The van der Waals surface area contributed by atoms with E-state index in [1.807, 2.05) is 85.0 Å². The summed E-state index contributed by atoms with van der Waals surface area (Å²) in [5.74, 6) is 2.09. The molecule has 0 saturated heterocycles. The summed E-state index contributed by atoms with van der Waals surface area (Å²) in [6.07, 6.45) is 0.874. The maximum absolute atomic E-state index is 13.0. The zero-order valence-electron chi connectivity index (χ0n) is 19.8. The molecular weight excluding hydrogens is 402 g/mol. The molecule has 1 heterocycles. The van der Waals surface area contributed by atoms with E-state index in [0.717, 1.165) is 29.1 Å². The standard InChI is InChI=1S/C26H33N3O3/c1-7-19(4)28(25(30)18(2)3)17-24-20(5)27-29(21-11-9-8-10-12-21)26(24)32-23-15-13-22(31-6)14-16-23/h8-16,18-19H,7,17H2,1-6H3/t19-/m0/s1. The minimum Gasteiger partial charge on any atom is -0.497 e. The lowest BCUT2D eigenvalue weighted by molar-refractivity contribution is -0.137. The number of amides is 1. The van der Waals surface area contributed by atoms with Crippen molar-refractivity contribution in [3.63, 3.8) is 0 Å². The number of aryl methyl sites for hydroxylation is 1. The van der Waals surface area contributed by atoms with Gasteiger partial charge in [-0.3, -0.25) is 4.79 Å². The number of aromatic nitrogens is 2. The molecule has 0 N–H and O–H groups in total. The highest BCUT2D eigenvalue weighted by atomic mass is 16.5. The SMILES string of the molecule is CC[C@H](C)N(Cc1c(C)nn(-c2ccccc2)c1Oc1ccc(OC)cc1)C(=O)C(C)C. The highest BCUT2D eigenvalue weighted by Crippen LogP contribution is 2.33. The summed E-state index contributed by atoms with van der Waals surface area (Å²) in [6, 6.07) is 17.4. The summed E-state index contributed by atoms with van der Waals surface area (Å²) < 4.78 is 13.4. The van der Waals surface area contributed by atoms with Crippen LogP contribution in [0.5, 0.6) is 17.4 Å². The molecule has 32 heavy (non-hydrogen) atoms. The fourth-order valence-corrected chi connectivity index (χ4v) is 3.50. The predicted octanol–water partition coefficient (Wildman–Crippen LogP) is 5.76. The van der Waals surface area contributed by atoms with Crippen LogP contribution in [0.15, 0.2) is 54.6 Å². The van der Waals surface area contributed by atoms with Crippen LogP contribution in [0.3, 0.4) is 0 Å². The van der Waals surface area contributed by atoms with Gasteiger partial charge >= 0.3 is 0 Å². The summed E-state index contributed by atoms with van der Waals surface area (Å²) in [4.78, 5) is 15.0. The molecule has 1 aromatic heterocycles. The summed E-state index contributed by atoms with van der Waals surface area (Å²) >= 11 is 0. The van der Waals surface area contributed by atoms with Gasteiger partial charge in [0.1, 0.15) is 11.5 Å². The zero-order chi connectivity index (χ0) is 23.3. The molecule has 1 amide bonds. The van der Waals surface area contributed by atoms with Crippen LogP contribution in [0.25, 0.3) is 5.69 Å². The molecular formula is C26H33N3O3. The lowest BCUT2D eigenvalue weighted by Crippen LogP contribution is -2.40. The fourth-order valence-electron chi connectivity index (χ4n) is 3.50. The van der Waals surface area contributed by atoms with Gasteiger partial charge in [0, 0.05) is 12.0 Å². The van der Waals surface area contributed by atoms with Crippen molar-refractivity contribution >= 4 is 5.91 Å². The molecule has 0 bridgehead atoms. The summed E-state index contributed by atoms with van der Waals surface area (Å²) in [7, 11) is 1.64. The van der Waals surface area contributed by atoms with E-state index in [1.54, 1.807) is 7.11 Å². The van der Waals surface area contributed by atoms with Gasteiger partial charge in [0.2, 0.25) is 11.8 Å². The van der Waals surface area contributed by atoms with Crippen LogP contribution < -0.4 is 9.47 Å². The van der Waals surface area contributed by atoms with Gasteiger partial charge in [-0.05, 0) is 56.7 Å². The van der Waals surface area contributed by atoms with Gasteiger partial charge in [-0.25, -0.2) is 4.68 Å². The van der Waals surface area contributed by atoms with Crippen LogP contribution in [-0.2, 0) is 11.3 Å². The first-order valence-corrected chi connectivity index (χ1v) is 11.1. The number of hydrogen-bond donors (Lipinski definition) is 0. The Hall–Kier alpha value is -3.28. The van der Waals surface area contributed by atoms with Crippen molar-refractivity contribution in [2.75, 3.05) is 7.11 Å². The number of carbonyl (C=O) groups is 1. The van der Waals surface area contributed by atoms with Crippen molar-refractivity contribution in [2.45, 2.75) is 53.6 Å². The first-order chi connectivity index (χ1) is 15.3. The van der Waals surface area contributed by atoms with E-state index in [1.165, 1.54) is 0 Å². The van der Waals surface area contributed by atoms with Crippen LogP contribution in [-0.4, -0.2) is 33.7 Å². The van der Waals surface area contributed by atoms with E-state index in [9.17, 15) is 4.79 Å². The first-order valence-electron chi connectivity index (χ1n) is 11.1. The minimum atomic E-state index is -0.0839. The van der Waals surface area contributed by atoms with Gasteiger partial charge in [-0.15, -0.1) is 0 Å². The number of carbonyl (C=O) groups excluding carboxylic acids is 1. The number of hydrogen-bond acceptors (Lipinski definition) is 4. The predicted molar refractivity (Wildman–Crippen MR) is 127 cm³/mol. The number of ether oxygens (including phenoxy) is 2. The average Bonchev–Trinajstić information content (AvgIpc) is 3.12. The second-order valence-electron chi connectivity index (χ2n) is 8.27. The second kappa shape index (κ2) is 10.4. The van der Waals surface area contributed by atoms with Crippen LogP contribution in [0.2, 0.25) is 0 Å². The zero-order valence-corrected chi connectivity index (χ0v) is 19.8. The van der Waals surface area contributed by atoms with E-state index in [-0.39, 0.29) is 17.9 Å². The van der Waals surface area contributed by atoms with Gasteiger partial charge in [-0.1, -0.05) is 39.0 Å². The largest absolute Gasteiger partial charge is 0.497 e. The van der Waals surface area contributed by atoms with Gasteiger partial charge in [0.05, 0.1) is 30.6 Å². The Labute approximate surface area is 190 Å². The molecule has 6 heteroatoms. The molecule has 170 valence electrons. The van der Waals surface area contributed by atoms with E-state index >= 15 is 0 Å².